The third-order valence-electron chi connectivity index (χ3n) is 3.73. The Morgan fingerprint density at radius 2 is 1.92 bits per heavy atom. The van der Waals surface area contributed by atoms with E-state index in [0.717, 1.165) is 20.1 Å². The van der Waals surface area contributed by atoms with Crippen LogP contribution in [0, 0.1) is 0 Å². The van der Waals surface area contributed by atoms with Gasteiger partial charge in [-0.3, -0.25) is 0 Å². The largest absolute Gasteiger partial charge is 0.493 e. The van der Waals surface area contributed by atoms with Crippen LogP contribution in [0.4, 0.5) is 0 Å². The molecule has 0 radical (unpaired) electrons. The SMILES string of the molecule is COc1cc(/C=C2/C(=O)ON=C2C)cc(Br)c1OCc1ccc(Br)cc1. The zero-order valence-electron chi connectivity index (χ0n) is 14.1. The highest BCUT2D eigenvalue weighted by Crippen LogP contribution is 2.38. The van der Waals surface area contributed by atoms with Crippen molar-refractivity contribution in [3.63, 3.8) is 0 Å². The summed E-state index contributed by atoms with van der Waals surface area (Å²) in [5, 5.41) is 3.67. The van der Waals surface area contributed by atoms with E-state index in [0.29, 0.717) is 29.4 Å². The number of oxime groups is 1. The Morgan fingerprint density at radius 1 is 1.19 bits per heavy atom. The molecule has 1 aliphatic rings. The van der Waals surface area contributed by atoms with Gasteiger partial charge in [-0.15, -0.1) is 0 Å². The van der Waals surface area contributed by atoms with Crippen molar-refractivity contribution in [2.45, 2.75) is 13.5 Å². The molecule has 7 heteroatoms. The van der Waals surface area contributed by atoms with Crippen molar-refractivity contribution in [1.82, 2.24) is 0 Å². The number of nitrogens with zero attached hydrogens (tertiary/aromatic N) is 1. The lowest BCUT2D eigenvalue weighted by molar-refractivity contribution is -0.136. The molecule has 134 valence electrons. The second-order valence-corrected chi connectivity index (χ2v) is 7.33. The van der Waals surface area contributed by atoms with Gasteiger partial charge in [-0.1, -0.05) is 33.2 Å². The Hall–Kier alpha value is -2.12. The molecule has 0 N–H and O–H groups in total. The molecular weight excluding hydrogens is 466 g/mol. The highest BCUT2D eigenvalue weighted by atomic mass is 79.9. The summed E-state index contributed by atoms with van der Waals surface area (Å²) in [5.41, 5.74) is 2.77. The summed E-state index contributed by atoms with van der Waals surface area (Å²) < 4.78 is 13.1. The predicted octanol–water partition coefficient (Wildman–Crippen LogP) is 5.12. The zero-order chi connectivity index (χ0) is 18.7. The van der Waals surface area contributed by atoms with Crippen molar-refractivity contribution in [3.8, 4) is 11.5 Å². The Balaban J connectivity index is 1.85. The minimum atomic E-state index is -0.465. The van der Waals surface area contributed by atoms with E-state index in [-0.39, 0.29) is 0 Å². The molecule has 2 aromatic rings. The lowest BCUT2D eigenvalue weighted by Gasteiger charge is -2.14. The first kappa shape index (κ1) is 18.7. The van der Waals surface area contributed by atoms with Gasteiger partial charge in [0.05, 0.1) is 22.9 Å². The average molecular weight is 481 g/mol. The molecule has 0 saturated heterocycles. The maximum absolute atomic E-state index is 11.7. The van der Waals surface area contributed by atoms with Gasteiger partial charge in [-0.05, 0) is 64.3 Å². The van der Waals surface area contributed by atoms with Gasteiger partial charge in [0.1, 0.15) is 6.61 Å². The lowest BCUT2D eigenvalue weighted by Crippen LogP contribution is -2.02. The van der Waals surface area contributed by atoms with Crippen LogP contribution < -0.4 is 9.47 Å². The van der Waals surface area contributed by atoms with Gasteiger partial charge in [0.15, 0.2) is 11.5 Å². The maximum Gasteiger partial charge on any atom is 0.367 e. The number of ether oxygens (including phenoxy) is 2. The average Bonchev–Trinajstić information content (AvgIpc) is 2.94. The first-order valence-corrected chi connectivity index (χ1v) is 9.29. The summed E-state index contributed by atoms with van der Waals surface area (Å²) in [7, 11) is 1.57. The number of rotatable bonds is 5. The number of benzene rings is 2. The summed E-state index contributed by atoms with van der Waals surface area (Å²) in [5.74, 6) is 0.689. The van der Waals surface area contributed by atoms with Gasteiger partial charge in [-0.25, -0.2) is 4.79 Å². The Kier molecular flexibility index (Phi) is 5.78. The molecule has 0 aliphatic carbocycles. The minimum absolute atomic E-state index is 0.404. The van der Waals surface area contributed by atoms with Crippen molar-refractivity contribution in [2.75, 3.05) is 7.11 Å². The van der Waals surface area contributed by atoms with Gasteiger partial charge in [-0.2, -0.15) is 0 Å². The lowest BCUT2D eigenvalue weighted by atomic mass is 10.1. The fourth-order valence-electron chi connectivity index (χ4n) is 2.39. The van der Waals surface area contributed by atoms with Crippen LogP contribution in [0.5, 0.6) is 11.5 Å². The van der Waals surface area contributed by atoms with Gasteiger partial charge < -0.3 is 14.3 Å². The Bertz CT molecular complexity index is 905. The highest BCUT2D eigenvalue weighted by Gasteiger charge is 2.22. The fraction of sp³-hybridized carbons (Fsp3) is 0.158. The van der Waals surface area contributed by atoms with Crippen LogP contribution in [-0.4, -0.2) is 18.8 Å². The van der Waals surface area contributed by atoms with E-state index in [4.69, 9.17) is 9.47 Å². The van der Waals surface area contributed by atoms with E-state index >= 15 is 0 Å². The number of carbonyl (C=O) groups is 1. The number of hydrogen-bond donors (Lipinski definition) is 0. The summed E-state index contributed by atoms with van der Waals surface area (Å²) in [6.07, 6.45) is 1.71. The summed E-state index contributed by atoms with van der Waals surface area (Å²) in [6.45, 7) is 2.12. The van der Waals surface area contributed by atoms with E-state index in [9.17, 15) is 4.79 Å². The molecule has 2 aromatic carbocycles. The van der Waals surface area contributed by atoms with Gasteiger partial charge in [0, 0.05) is 4.47 Å². The monoisotopic (exact) mass is 479 g/mol. The molecular formula is C19H15Br2NO4. The van der Waals surface area contributed by atoms with Crippen molar-refractivity contribution in [3.05, 3.63) is 62.0 Å². The molecule has 0 amide bonds. The summed E-state index contributed by atoms with van der Waals surface area (Å²) in [4.78, 5) is 16.4. The molecule has 0 spiro atoms. The first-order valence-electron chi connectivity index (χ1n) is 7.70. The quantitative estimate of drug-likeness (QED) is 0.440. The van der Waals surface area contributed by atoms with E-state index in [2.05, 4.69) is 41.9 Å². The molecule has 5 nitrogen and oxygen atoms in total. The van der Waals surface area contributed by atoms with Gasteiger partial charge >= 0.3 is 5.97 Å². The van der Waals surface area contributed by atoms with E-state index < -0.39 is 5.97 Å². The number of hydrogen-bond acceptors (Lipinski definition) is 5. The molecule has 1 heterocycles. The molecule has 0 atom stereocenters. The summed E-state index contributed by atoms with van der Waals surface area (Å²) >= 11 is 6.93. The second-order valence-electron chi connectivity index (χ2n) is 5.56. The molecule has 0 bridgehead atoms. The first-order chi connectivity index (χ1) is 12.5. The van der Waals surface area contributed by atoms with Crippen LogP contribution in [0.3, 0.4) is 0 Å². The Labute approximate surface area is 167 Å². The zero-order valence-corrected chi connectivity index (χ0v) is 17.3. The van der Waals surface area contributed by atoms with Crippen molar-refractivity contribution in [2.24, 2.45) is 5.16 Å². The van der Waals surface area contributed by atoms with Crippen LogP contribution in [0.15, 0.2) is 56.1 Å². The van der Waals surface area contributed by atoms with Crippen LogP contribution in [0.1, 0.15) is 18.1 Å². The topological polar surface area (TPSA) is 57.1 Å². The predicted molar refractivity (Wildman–Crippen MR) is 106 cm³/mol. The number of methoxy groups -OCH3 is 1. The fourth-order valence-corrected chi connectivity index (χ4v) is 3.22. The van der Waals surface area contributed by atoms with Gasteiger partial charge in [0.2, 0.25) is 0 Å². The standard InChI is InChI=1S/C19H15Br2NO4/c1-11-15(19(23)26-22-11)7-13-8-16(21)18(17(9-13)24-2)25-10-12-3-5-14(20)6-4-12/h3-9H,10H2,1-2H3/b15-7+. The van der Waals surface area contributed by atoms with E-state index in [1.54, 1.807) is 26.2 Å². The molecule has 3 rings (SSSR count). The van der Waals surface area contributed by atoms with Crippen LogP contribution in [0.25, 0.3) is 6.08 Å². The van der Waals surface area contributed by atoms with Crippen molar-refractivity contribution in [1.29, 1.82) is 0 Å². The Morgan fingerprint density at radius 3 is 2.54 bits per heavy atom. The maximum atomic E-state index is 11.7. The van der Waals surface area contributed by atoms with E-state index in [1.807, 2.05) is 30.3 Å². The van der Waals surface area contributed by atoms with Crippen LogP contribution in [-0.2, 0) is 16.2 Å². The van der Waals surface area contributed by atoms with E-state index in [1.165, 1.54) is 0 Å². The van der Waals surface area contributed by atoms with Crippen LogP contribution in [0.2, 0.25) is 0 Å². The molecule has 26 heavy (non-hydrogen) atoms. The normalized spacial score (nSPS) is 15.0. The van der Waals surface area contributed by atoms with Crippen molar-refractivity contribution >= 4 is 49.6 Å². The summed E-state index contributed by atoms with van der Waals surface area (Å²) in [6, 6.07) is 11.5. The molecule has 1 aliphatic heterocycles. The molecule has 0 fully saturated rings. The van der Waals surface area contributed by atoms with Gasteiger partial charge in [0.25, 0.3) is 0 Å². The number of carbonyl (C=O) groups excluding carboxylic acids is 1. The minimum Gasteiger partial charge on any atom is -0.493 e. The molecule has 0 unspecified atom stereocenters. The highest BCUT2D eigenvalue weighted by molar-refractivity contribution is 9.10. The smallest absolute Gasteiger partial charge is 0.367 e. The van der Waals surface area contributed by atoms with Crippen LogP contribution >= 0.6 is 31.9 Å². The number of halogens is 2. The third kappa shape index (κ3) is 4.16. The second kappa shape index (κ2) is 8.05. The molecule has 0 saturated carbocycles. The van der Waals surface area contributed by atoms with Crippen molar-refractivity contribution < 1.29 is 19.1 Å². The molecule has 0 aromatic heterocycles. The third-order valence-corrected chi connectivity index (χ3v) is 4.85.